The maximum absolute atomic E-state index is 9.34. The van der Waals surface area contributed by atoms with Crippen molar-refractivity contribution in [2.75, 3.05) is 45.9 Å². The number of nitrogens with zero attached hydrogens (tertiary/aromatic N) is 3. The van der Waals surface area contributed by atoms with Gasteiger partial charge in [-0.15, -0.1) is 24.0 Å². The van der Waals surface area contributed by atoms with Gasteiger partial charge in [0.05, 0.1) is 18.8 Å². The van der Waals surface area contributed by atoms with Gasteiger partial charge in [-0.3, -0.25) is 9.89 Å². The van der Waals surface area contributed by atoms with E-state index in [2.05, 4.69) is 59.3 Å². The standard InChI is InChI=1S/C23H38N4O2.HI/c1-3-8-19(11-13-28)15-25-23(24-4-2)27-17-21-22(18-27)29-14-12-26(21)16-20-9-6-5-7-10-20;/h5-7,9-10,19,21-22,28H,3-4,8,11-18H2,1-2H3,(H,24,25);1H. The van der Waals surface area contributed by atoms with Crippen LogP contribution in [0, 0.1) is 5.92 Å². The van der Waals surface area contributed by atoms with Crippen molar-refractivity contribution >= 4 is 29.9 Å². The van der Waals surface area contributed by atoms with E-state index in [9.17, 15) is 5.11 Å². The molecule has 0 amide bonds. The van der Waals surface area contributed by atoms with E-state index in [4.69, 9.17) is 9.73 Å². The minimum Gasteiger partial charge on any atom is -0.396 e. The number of benzene rings is 1. The van der Waals surface area contributed by atoms with Gasteiger partial charge in [0.25, 0.3) is 0 Å². The van der Waals surface area contributed by atoms with E-state index in [1.165, 1.54) is 5.56 Å². The first-order chi connectivity index (χ1) is 14.2. The number of rotatable bonds is 9. The van der Waals surface area contributed by atoms with Gasteiger partial charge in [-0.05, 0) is 31.2 Å². The third kappa shape index (κ3) is 7.07. The van der Waals surface area contributed by atoms with Crippen molar-refractivity contribution in [3.8, 4) is 0 Å². The lowest BCUT2D eigenvalue weighted by Crippen LogP contribution is -2.50. The molecule has 0 spiro atoms. The molecule has 7 heteroatoms. The number of aliphatic hydroxyl groups excluding tert-OH is 1. The molecule has 3 atom stereocenters. The Morgan fingerprint density at radius 1 is 1.23 bits per heavy atom. The second kappa shape index (κ2) is 13.5. The predicted octanol–water partition coefficient (Wildman–Crippen LogP) is 2.95. The number of fused-ring (bicyclic) bond motifs is 1. The molecule has 2 saturated heterocycles. The molecule has 170 valence electrons. The number of halogens is 1. The Hall–Kier alpha value is -0.900. The molecule has 0 aromatic heterocycles. The number of aliphatic hydroxyl groups is 1. The van der Waals surface area contributed by atoms with E-state index in [-0.39, 0.29) is 36.7 Å². The van der Waals surface area contributed by atoms with Gasteiger partial charge in [0.15, 0.2) is 5.96 Å². The van der Waals surface area contributed by atoms with E-state index in [0.717, 1.165) is 71.1 Å². The Labute approximate surface area is 199 Å². The SMILES string of the molecule is CCCC(CCO)CN=C(NCC)N1CC2OCCN(Cc3ccccc3)C2C1.I. The van der Waals surface area contributed by atoms with Gasteiger partial charge in [-0.1, -0.05) is 43.7 Å². The van der Waals surface area contributed by atoms with Gasteiger partial charge in [-0.2, -0.15) is 0 Å². The van der Waals surface area contributed by atoms with Gasteiger partial charge >= 0.3 is 0 Å². The van der Waals surface area contributed by atoms with E-state index >= 15 is 0 Å². The summed E-state index contributed by atoms with van der Waals surface area (Å²) in [4.78, 5) is 9.88. The first-order valence-electron chi connectivity index (χ1n) is 11.3. The van der Waals surface area contributed by atoms with Crippen LogP contribution >= 0.6 is 24.0 Å². The zero-order chi connectivity index (χ0) is 20.5. The van der Waals surface area contributed by atoms with Gasteiger partial charge < -0.3 is 20.1 Å². The first kappa shape index (κ1) is 25.4. The van der Waals surface area contributed by atoms with Crippen molar-refractivity contribution in [1.82, 2.24) is 15.1 Å². The quantitative estimate of drug-likeness (QED) is 0.292. The second-order valence-corrected chi connectivity index (χ2v) is 8.20. The van der Waals surface area contributed by atoms with Crippen molar-refractivity contribution in [3.63, 3.8) is 0 Å². The molecule has 2 heterocycles. The van der Waals surface area contributed by atoms with Crippen LogP contribution in [0.15, 0.2) is 35.3 Å². The van der Waals surface area contributed by atoms with Crippen LogP contribution < -0.4 is 5.32 Å². The smallest absolute Gasteiger partial charge is 0.194 e. The summed E-state index contributed by atoms with van der Waals surface area (Å²) in [6.45, 7) is 10.8. The Morgan fingerprint density at radius 3 is 2.73 bits per heavy atom. The Bertz CT molecular complexity index is 625. The number of hydrogen-bond acceptors (Lipinski definition) is 4. The minimum absolute atomic E-state index is 0. The fraction of sp³-hybridized carbons (Fsp3) is 0.696. The normalized spacial score (nSPS) is 23.0. The van der Waals surface area contributed by atoms with Gasteiger partial charge in [0.1, 0.15) is 0 Å². The highest BCUT2D eigenvalue weighted by molar-refractivity contribution is 14.0. The Balaban J connectivity index is 0.00000320. The molecule has 2 fully saturated rings. The summed E-state index contributed by atoms with van der Waals surface area (Å²) in [5.41, 5.74) is 1.36. The Morgan fingerprint density at radius 2 is 2.03 bits per heavy atom. The summed E-state index contributed by atoms with van der Waals surface area (Å²) in [6.07, 6.45) is 3.31. The van der Waals surface area contributed by atoms with Crippen LogP contribution in [0.2, 0.25) is 0 Å². The predicted molar refractivity (Wildman–Crippen MR) is 133 cm³/mol. The molecule has 0 radical (unpaired) electrons. The molecular formula is C23H39IN4O2. The second-order valence-electron chi connectivity index (χ2n) is 8.20. The highest BCUT2D eigenvalue weighted by Crippen LogP contribution is 2.25. The maximum Gasteiger partial charge on any atom is 0.194 e. The van der Waals surface area contributed by atoms with Crippen LogP contribution in [-0.2, 0) is 11.3 Å². The summed E-state index contributed by atoms with van der Waals surface area (Å²) in [7, 11) is 0. The number of guanidine groups is 1. The molecule has 2 aliphatic heterocycles. The fourth-order valence-electron chi connectivity index (χ4n) is 4.50. The maximum atomic E-state index is 9.34. The van der Waals surface area contributed by atoms with Crippen LogP contribution in [0.5, 0.6) is 0 Å². The van der Waals surface area contributed by atoms with Crippen LogP contribution in [-0.4, -0.2) is 78.9 Å². The fourth-order valence-corrected chi connectivity index (χ4v) is 4.50. The van der Waals surface area contributed by atoms with E-state index in [0.29, 0.717) is 12.0 Å². The number of aliphatic imine (C=N–C) groups is 1. The van der Waals surface area contributed by atoms with Crippen molar-refractivity contribution in [2.24, 2.45) is 10.9 Å². The molecule has 0 bridgehead atoms. The van der Waals surface area contributed by atoms with E-state index in [1.807, 2.05) is 0 Å². The van der Waals surface area contributed by atoms with Crippen LogP contribution in [0.3, 0.4) is 0 Å². The van der Waals surface area contributed by atoms with Crippen molar-refractivity contribution in [3.05, 3.63) is 35.9 Å². The molecule has 0 aliphatic carbocycles. The molecule has 6 nitrogen and oxygen atoms in total. The number of nitrogens with one attached hydrogen (secondary N) is 1. The van der Waals surface area contributed by atoms with Gasteiger partial charge in [0, 0.05) is 45.9 Å². The molecule has 1 aromatic carbocycles. The summed E-state index contributed by atoms with van der Waals surface area (Å²) >= 11 is 0. The lowest BCUT2D eigenvalue weighted by molar-refractivity contribution is -0.0502. The lowest BCUT2D eigenvalue weighted by atomic mass is 10.0. The average molecular weight is 530 g/mol. The molecule has 2 N–H and O–H groups in total. The average Bonchev–Trinajstić information content (AvgIpc) is 3.17. The van der Waals surface area contributed by atoms with E-state index < -0.39 is 0 Å². The third-order valence-electron chi connectivity index (χ3n) is 6.01. The highest BCUT2D eigenvalue weighted by Gasteiger charge is 2.41. The number of ether oxygens (including phenoxy) is 1. The number of hydrogen-bond donors (Lipinski definition) is 2. The Kier molecular flexibility index (Phi) is 11.4. The largest absolute Gasteiger partial charge is 0.396 e. The van der Waals surface area contributed by atoms with Crippen molar-refractivity contribution in [2.45, 2.75) is 51.8 Å². The lowest BCUT2D eigenvalue weighted by Gasteiger charge is -2.36. The minimum atomic E-state index is 0. The summed E-state index contributed by atoms with van der Waals surface area (Å²) in [6, 6.07) is 11.1. The molecule has 1 aromatic rings. The summed E-state index contributed by atoms with van der Waals surface area (Å²) in [5, 5.41) is 12.8. The van der Waals surface area contributed by atoms with Gasteiger partial charge in [0.2, 0.25) is 0 Å². The van der Waals surface area contributed by atoms with Gasteiger partial charge in [-0.25, -0.2) is 0 Å². The summed E-state index contributed by atoms with van der Waals surface area (Å²) < 4.78 is 6.13. The molecule has 0 saturated carbocycles. The topological polar surface area (TPSA) is 60.3 Å². The van der Waals surface area contributed by atoms with Crippen LogP contribution in [0.1, 0.15) is 38.7 Å². The molecule has 3 unspecified atom stereocenters. The van der Waals surface area contributed by atoms with Crippen LogP contribution in [0.25, 0.3) is 0 Å². The monoisotopic (exact) mass is 530 g/mol. The molecular weight excluding hydrogens is 491 g/mol. The van der Waals surface area contributed by atoms with Crippen molar-refractivity contribution in [1.29, 1.82) is 0 Å². The van der Waals surface area contributed by atoms with E-state index in [1.54, 1.807) is 0 Å². The third-order valence-corrected chi connectivity index (χ3v) is 6.01. The molecule has 3 rings (SSSR count). The highest BCUT2D eigenvalue weighted by atomic mass is 127. The number of likely N-dealkylation sites (tertiary alicyclic amines) is 1. The molecule has 30 heavy (non-hydrogen) atoms. The molecule has 2 aliphatic rings. The number of morpholine rings is 1. The summed E-state index contributed by atoms with van der Waals surface area (Å²) in [5.74, 6) is 1.44. The van der Waals surface area contributed by atoms with Crippen molar-refractivity contribution < 1.29 is 9.84 Å². The zero-order valence-electron chi connectivity index (χ0n) is 18.5. The zero-order valence-corrected chi connectivity index (χ0v) is 20.8. The first-order valence-corrected chi connectivity index (χ1v) is 11.3. The van der Waals surface area contributed by atoms with Crippen LogP contribution in [0.4, 0.5) is 0 Å².